The maximum absolute atomic E-state index is 14.3. The zero-order chi connectivity index (χ0) is 21.7. The van der Waals surface area contributed by atoms with Gasteiger partial charge in [0.2, 0.25) is 0 Å². The molecule has 0 saturated heterocycles. The topological polar surface area (TPSA) is 140 Å². The van der Waals surface area contributed by atoms with Gasteiger partial charge in [0.05, 0.1) is 22.3 Å². The summed E-state index contributed by atoms with van der Waals surface area (Å²) in [5.41, 5.74) is -0.532. The van der Waals surface area contributed by atoms with E-state index in [0.29, 0.717) is 11.5 Å². The molecule has 1 aromatic carbocycles. The minimum atomic E-state index is -0.664. The number of fused-ring (bicyclic) bond motifs is 1. The normalized spacial score (nSPS) is 13.5. The van der Waals surface area contributed by atoms with Gasteiger partial charge >= 0.3 is 5.69 Å². The molecule has 0 bridgehead atoms. The second-order valence-electron chi connectivity index (χ2n) is 7.21. The Balaban J connectivity index is 1.51. The number of hydrogen-bond acceptors (Lipinski definition) is 7. The highest BCUT2D eigenvalue weighted by Gasteiger charge is 2.28. The predicted molar refractivity (Wildman–Crippen MR) is 107 cm³/mol. The van der Waals surface area contributed by atoms with Gasteiger partial charge in [-0.05, 0) is 54.5 Å². The van der Waals surface area contributed by atoms with E-state index in [1.54, 1.807) is 6.92 Å². The zero-order valence-electron chi connectivity index (χ0n) is 16.2. The van der Waals surface area contributed by atoms with Crippen LogP contribution in [-0.4, -0.2) is 40.6 Å². The number of halogens is 1. The molecule has 156 valence electrons. The summed E-state index contributed by atoms with van der Waals surface area (Å²) in [6.07, 6.45) is 2.89. The summed E-state index contributed by atoms with van der Waals surface area (Å²) in [6, 6.07) is 5.38. The number of aryl methyl sites for hydroxylation is 1. The Morgan fingerprint density at radius 3 is 2.77 bits per heavy atom. The number of nitrogens with one attached hydrogen (secondary N) is 2. The van der Waals surface area contributed by atoms with Gasteiger partial charge in [0.15, 0.2) is 5.82 Å². The number of aromatic amines is 1. The van der Waals surface area contributed by atoms with Gasteiger partial charge in [0.1, 0.15) is 11.5 Å². The molecule has 11 nitrogen and oxygen atoms in total. The molecule has 2 N–H and O–H groups in total. The van der Waals surface area contributed by atoms with E-state index in [0.717, 1.165) is 12.8 Å². The van der Waals surface area contributed by atoms with Crippen LogP contribution in [-0.2, 0) is 0 Å². The SMILES string of the molecule is Cc1nnnn1-c1ccc(F)c(NC(=O)c2cnc3c(c2)c(=O)[nH]c(=O)n3C2CC2)c1. The van der Waals surface area contributed by atoms with Crippen LogP contribution in [0.25, 0.3) is 16.7 Å². The van der Waals surface area contributed by atoms with Crippen LogP contribution in [0.15, 0.2) is 40.1 Å². The summed E-state index contributed by atoms with van der Waals surface area (Å²) in [5, 5.41) is 13.7. The molecule has 1 aliphatic rings. The lowest BCUT2D eigenvalue weighted by Crippen LogP contribution is -2.30. The number of pyridine rings is 1. The fourth-order valence-corrected chi connectivity index (χ4v) is 3.34. The van der Waals surface area contributed by atoms with Gasteiger partial charge in [-0.1, -0.05) is 0 Å². The van der Waals surface area contributed by atoms with Crippen LogP contribution in [0.3, 0.4) is 0 Å². The van der Waals surface area contributed by atoms with Crippen molar-refractivity contribution < 1.29 is 9.18 Å². The average Bonchev–Trinajstić information content (AvgIpc) is 3.49. The first-order chi connectivity index (χ1) is 14.9. The Morgan fingerprint density at radius 1 is 1.26 bits per heavy atom. The quantitative estimate of drug-likeness (QED) is 0.502. The molecule has 12 heteroatoms. The van der Waals surface area contributed by atoms with E-state index in [1.807, 2.05) is 0 Å². The number of hydrogen-bond donors (Lipinski definition) is 2. The van der Waals surface area contributed by atoms with Gasteiger partial charge in [0.25, 0.3) is 11.5 Å². The molecule has 1 aliphatic carbocycles. The van der Waals surface area contributed by atoms with Gasteiger partial charge in [-0.3, -0.25) is 19.1 Å². The number of nitrogens with zero attached hydrogens (tertiary/aromatic N) is 6. The van der Waals surface area contributed by atoms with Crippen LogP contribution in [0.4, 0.5) is 10.1 Å². The summed E-state index contributed by atoms with van der Waals surface area (Å²) < 4.78 is 17.1. The van der Waals surface area contributed by atoms with Crippen molar-refractivity contribution >= 4 is 22.6 Å². The highest BCUT2D eigenvalue weighted by atomic mass is 19.1. The lowest BCUT2D eigenvalue weighted by Gasteiger charge is -2.10. The molecule has 3 heterocycles. The van der Waals surface area contributed by atoms with Crippen LogP contribution in [0, 0.1) is 12.7 Å². The zero-order valence-corrected chi connectivity index (χ0v) is 16.2. The molecule has 1 fully saturated rings. The molecule has 3 aromatic heterocycles. The Kier molecular flexibility index (Phi) is 4.20. The number of tetrazole rings is 1. The van der Waals surface area contributed by atoms with Gasteiger partial charge in [-0.2, -0.15) is 4.68 Å². The number of benzene rings is 1. The van der Waals surface area contributed by atoms with E-state index in [9.17, 15) is 18.8 Å². The van der Waals surface area contributed by atoms with Gasteiger partial charge < -0.3 is 5.32 Å². The van der Waals surface area contributed by atoms with E-state index in [2.05, 4.69) is 30.8 Å². The third kappa shape index (κ3) is 3.27. The number of carbonyl (C=O) groups is 1. The van der Waals surface area contributed by atoms with Crippen LogP contribution >= 0.6 is 0 Å². The third-order valence-corrected chi connectivity index (χ3v) is 5.02. The van der Waals surface area contributed by atoms with E-state index < -0.39 is 23.0 Å². The van der Waals surface area contributed by atoms with E-state index in [-0.39, 0.29) is 28.3 Å². The summed E-state index contributed by atoms with van der Waals surface area (Å²) in [7, 11) is 0. The summed E-state index contributed by atoms with van der Waals surface area (Å²) >= 11 is 0. The van der Waals surface area contributed by atoms with Crippen molar-refractivity contribution in [1.82, 2.24) is 34.7 Å². The molecule has 31 heavy (non-hydrogen) atoms. The van der Waals surface area contributed by atoms with Gasteiger partial charge in [0, 0.05) is 12.2 Å². The number of aromatic nitrogens is 7. The number of carbonyl (C=O) groups excluding carboxylic acids is 1. The first-order valence-corrected chi connectivity index (χ1v) is 9.43. The lowest BCUT2D eigenvalue weighted by atomic mass is 10.2. The molecular formula is C19H15FN8O3. The molecule has 4 aromatic rings. The lowest BCUT2D eigenvalue weighted by molar-refractivity contribution is 0.102. The second-order valence-corrected chi connectivity index (χ2v) is 7.21. The largest absolute Gasteiger partial charge is 0.330 e. The first-order valence-electron chi connectivity index (χ1n) is 9.43. The molecule has 1 amide bonds. The van der Waals surface area contributed by atoms with Gasteiger partial charge in [-0.15, -0.1) is 5.10 Å². The predicted octanol–water partition coefficient (Wildman–Crippen LogP) is 1.10. The van der Waals surface area contributed by atoms with Crippen LogP contribution in [0.2, 0.25) is 0 Å². The summed E-state index contributed by atoms with van der Waals surface area (Å²) in [4.78, 5) is 43.6. The molecule has 0 atom stereocenters. The minimum Gasteiger partial charge on any atom is -0.319 e. The van der Waals surface area contributed by atoms with Crippen molar-refractivity contribution in [2.75, 3.05) is 5.32 Å². The third-order valence-electron chi connectivity index (χ3n) is 5.02. The fraction of sp³-hybridized carbons (Fsp3) is 0.211. The number of rotatable bonds is 4. The number of H-pyrrole nitrogens is 1. The Morgan fingerprint density at radius 2 is 2.06 bits per heavy atom. The fourth-order valence-electron chi connectivity index (χ4n) is 3.34. The smallest absolute Gasteiger partial charge is 0.319 e. The van der Waals surface area contributed by atoms with Crippen LogP contribution in [0.5, 0.6) is 0 Å². The Hall–Kier alpha value is -4.22. The van der Waals surface area contributed by atoms with Gasteiger partial charge in [-0.25, -0.2) is 14.2 Å². The van der Waals surface area contributed by atoms with Crippen molar-refractivity contribution in [3.8, 4) is 5.69 Å². The standard InChI is InChI=1S/C19H15FN8O3/c1-9-24-25-26-28(9)12-4-5-14(20)15(7-12)22-17(29)10-6-13-16(21-8-10)27(11-2-3-11)19(31)23-18(13)30/h4-8,11H,2-3H2,1H3,(H,22,29)(H,23,30,31). The van der Waals surface area contributed by atoms with Crippen molar-refractivity contribution in [2.24, 2.45) is 0 Å². The van der Waals surface area contributed by atoms with Crippen LogP contribution < -0.4 is 16.6 Å². The Bertz CT molecular complexity index is 1470. The Labute approximate surface area is 172 Å². The van der Waals surface area contributed by atoms with Crippen molar-refractivity contribution in [3.63, 3.8) is 0 Å². The average molecular weight is 422 g/mol. The molecule has 5 rings (SSSR count). The summed E-state index contributed by atoms with van der Waals surface area (Å²) in [5.74, 6) is -0.831. The van der Waals surface area contributed by atoms with Crippen LogP contribution in [0.1, 0.15) is 35.1 Å². The second kappa shape index (κ2) is 6.93. The minimum absolute atomic E-state index is 0.00871. The maximum atomic E-state index is 14.3. The van der Waals surface area contributed by atoms with E-state index in [1.165, 1.54) is 39.7 Å². The monoisotopic (exact) mass is 422 g/mol. The van der Waals surface area contributed by atoms with E-state index >= 15 is 0 Å². The van der Waals surface area contributed by atoms with Crippen molar-refractivity contribution in [2.45, 2.75) is 25.8 Å². The van der Waals surface area contributed by atoms with E-state index in [4.69, 9.17) is 0 Å². The molecule has 1 saturated carbocycles. The number of amides is 1. The number of anilines is 1. The molecular weight excluding hydrogens is 407 g/mol. The first kappa shape index (κ1) is 18.8. The molecule has 0 aliphatic heterocycles. The highest BCUT2D eigenvalue weighted by molar-refractivity contribution is 6.05. The maximum Gasteiger partial charge on any atom is 0.330 e. The molecule has 0 radical (unpaired) electrons. The van der Waals surface area contributed by atoms with Crippen molar-refractivity contribution in [3.05, 3.63) is 68.5 Å². The molecule has 0 spiro atoms. The summed E-state index contributed by atoms with van der Waals surface area (Å²) in [6.45, 7) is 1.68. The molecule has 0 unspecified atom stereocenters. The highest BCUT2D eigenvalue weighted by Crippen LogP contribution is 2.34. The van der Waals surface area contributed by atoms with Crippen molar-refractivity contribution in [1.29, 1.82) is 0 Å².